The van der Waals surface area contributed by atoms with Gasteiger partial charge >= 0.3 is 0 Å². The lowest BCUT2D eigenvalue weighted by Gasteiger charge is -2.33. The predicted octanol–water partition coefficient (Wildman–Crippen LogP) is -0.262. The lowest BCUT2D eigenvalue weighted by atomic mass is 9.98. The Bertz CT molecular complexity index is 291. The average molecular weight is 268 g/mol. The average Bonchev–Trinajstić information content (AvgIpc) is 2.45. The van der Waals surface area contributed by atoms with Crippen molar-refractivity contribution in [2.75, 3.05) is 52.9 Å². The molecule has 110 valence electrons. The van der Waals surface area contributed by atoms with Crippen molar-refractivity contribution < 1.29 is 4.79 Å². The zero-order chi connectivity index (χ0) is 13.7. The lowest BCUT2D eigenvalue weighted by Crippen LogP contribution is -2.53. The normalized spacial score (nSPS) is 28.0. The Morgan fingerprint density at radius 2 is 2.11 bits per heavy atom. The summed E-state index contributed by atoms with van der Waals surface area (Å²) in [5, 5.41) is 6.46. The van der Waals surface area contributed by atoms with Crippen molar-refractivity contribution in [3.8, 4) is 0 Å². The molecule has 0 aliphatic carbocycles. The van der Waals surface area contributed by atoms with Gasteiger partial charge < -0.3 is 15.5 Å². The van der Waals surface area contributed by atoms with Crippen LogP contribution in [0.4, 0.5) is 0 Å². The standard InChI is InChI=1S/C14H28N4O/c1-12(18-8-5-15-6-9-18)14(19)16-10-13-4-3-7-17(2)11-13/h12-13,15H,3-11H2,1-2H3,(H,16,19). The van der Waals surface area contributed by atoms with Crippen LogP contribution in [-0.2, 0) is 4.79 Å². The second-order valence-electron chi connectivity index (χ2n) is 5.98. The number of rotatable bonds is 4. The Kier molecular flexibility index (Phi) is 5.60. The third-order valence-corrected chi connectivity index (χ3v) is 4.37. The molecule has 0 aromatic rings. The Morgan fingerprint density at radius 3 is 2.79 bits per heavy atom. The zero-order valence-corrected chi connectivity index (χ0v) is 12.3. The second kappa shape index (κ2) is 7.22. The summed E-state index contributed by atoms with van der Waals surface area (Å²) >= 11 is 0. The molecule has 2 saturated heterocycles. The second-order valence-corrected chi connectivity index (χ2v) is 5.98. The van der Waals surface area contributed by atoms with Crippen molar-refractivity contribution in [2.45, 2.75) is 25.8 Å². The van der Waals surface area contributed by atoms with Crippen LogP contribution in [0.25, 0.3) is 0 Å². The Morgan fingerprint density at radius 1 is 1.37 bits per heavy atom. The summed E-state index contributed by atoms with van der Waals surface area (Å²) in [7, 11) is 2.16. The first-order valence-electron chi connectivity index (χ1n) is 7.58. The fourth-order valence-corrected chi connectivity index (χ4v) is 3.07. The molecule has 2 aliphatic rings. The third kappa shape index (κ3) is 4.44. The molecule has 0 bridgehead atoms. The number of likely N-dealkylation sites (tertiary alicyclic amines) is 1. The van der Waals surface area contributed by atoms with Gasteiger partial charge in [-0.25, -0.2) is 0 Å². The third-order valence-electron chi connectivity index (χ3n) is 4.37. The maximum absolute atomic E-state index is 12.2. The van der Waals surface area contributed by atoms with Crippen molar-refractivity contribution >= 4 is 5.91 Å². The van der Waals surface area contributed by atoms with Gasteiger partial charge in [0.1, 0.15) is 0 Å². The molecule has 0 aromatic carbocycles. The number of piperidine rings is 1. The first-order chi connectivity index (χ1) is 9.16. The largest absolute Gasteiger partial charge is 0.354 e. The van der Waals surface area contributed by atoms with Crippen molar-refractivity contribution in [1.29, 1.82) is 0 Å². The molecule has 2 fully saturated rings. The molecule has 5 heteroatoms. The maximum Gasteiger partial charge on any atom is 0.237 e. The Balaban J connectivity index is 1.70. The van der Waals surface area contributed by atoms with E-state index in [1.807, 2.05) is 6.92 Å². The molecule has 0 saturated carbocycles. The first kappa shape index (κ1) is 14.8. The SMILES string of the molecule is CC(C(=O)NCC1CCCN(C)C1)N1CCNCC1. The van der Waals surface area contributed by atoms with E-state index in [9.17, 15) is 4.79 Å². The van der Waals surface area contributed by atoms with Gasteiger partial charge in [0, 0.05) is 39.3 Å². The van der Waals surface area contributed by atoms with Crippen molar-refractivity contribution in [1.82, 2.24) is 20.4 Å². The smallest absolute Gasteiger partial charge is 0.237 e. The molecule has 2 aliphatic heterocycles. The number of amides is 1. The van der Waals surface area contributed by atoms with Gasteiger partial charge in [-0.3, -0.25) is 9.69 Å². The molecular weight excluding hydrogens is 240 g/mol. The van der Waals surface area contributed by atoms with Crippen LogP contribution < -0.4 is 10.6 Å². The molecule has 19 heavy (non-hydrogen) atoms. The quantitative estimate of drug-likeness (QED) is 0.737. The maximum atomic E-state index is 12.2. The highest BCUT2D eigenvalue weighted by Crippen LogP contribution is 2.14. The van der Waals surface area contributed by atoms with Gasteiger partial charge in [0.05, 0.1) is 6.04 Å². The van der Waals surface area contributed by atoms with Gasteiger partial charge in [-0.2, -0.15) is 0 Å². The molecular formula is C14H28N4O. The number of carbonyl (C=O) groups is 1. The molecule has 0 spiro atoms. The van der Waals surface area contributed by atoms with E-state index in [0.29, 0.717) is 5.92 Å². The lowest BCUT2D eigenvalue weighted by molar-refractivity contribution is -0.126. The molecule has 0 radical (unpaired) electrons. The monoisotopic (exact) mass is 268 g/mol. The van der Waals surface area contributed by atoms with Crippen LogP contribution in [0, 0.1) is 5.92 Å². The van der Waals surface area contributed by atoms with E-state index in [0.717, 1.165) is 39.3 Å². The molecule has 2 N–H and O–H groups in total. The highest BCUT2D eigenvalue weighted by atomic mass is 16.2. The van der Waals surface area contributed by atoms with Crippen LogP contribution in [0.3, 0.4) is 0 Å². The highest BCUT2D eigenvalue weighted by molar-refractivity contribution is 5.81. The first-order valence-corrected chi connectivity index (χ1v) is 7.58. The summed E-state index contributed by atoms with van der Waals surface area (Å²) in [5.74, 6) is 0.813. The van der Waals surface area contributed by atoms with Crippen molar-refractivity contribution in [2.24, 2.45) is 5.92 Å². The topological polar surface area (TPSA) is 47.6 Å². The highest BCUT2D eigenvalue weighted by Gasteiger charge is 2.24. The number of nitrogens with one attached hydrogen (secondary N) is 2. The van der Waals surface area contributed by atoms with Gasteiger partial charge in [-0.05, 0) is 39.3 Å². The molecule has 2 heterocycles. The van der Waals surface area contributed by atoms with E-state index in [1.54, 1.807) is 0 Å². The number of nitrogens with zero attached hydrogens (tertiary/aromatic N) is 2. The molecule has 2 atom stereocenters. The van der Waals surface area contributed by atoms with Crippen LogP contribution in [-0.4, -0.2) is 74.6 Å². The van der Waals surface area contributed by atoms with Gasteiger partial charge in [0.2, 0.25) is 5.91 Å². The van der Waals surface area contributed by atoms with Gasteiger partial charge in [0.15, 0.2) is 0 Å². The fourth-order valence-electron chi connectivity index (χ4n) is 3.07. The predicted molar refractivity (Wildman–Crippen MR) is 77.1 cm³/mol. The van der Waals surface area contributed by atoms with Gasteiger partial charge in [-0.1, -0.05) is 0 Å². The summed E-state index contributed by atoms with van der Waals surface area (Å²) in [4.78, 5) is 16.8. The van der Waals surface area contributed by atoms with E-state index in [2.05, 4.69) is 27.5 Å². The molecule has 2 rings (SSSR count). The van der Waals surface area contributed by atoms with Gasteiger partial charge in [-0.15, -0.1) is 0 Å². The Labute approximate surface area is 116 Å². The summed E-state index contributed by atoms with van der Waals surface area (Å²) in [6.07, 6.45) is 2.50. The van der Waals surface area contributed by atoms with E-state index in [1.165, 1.54) is 19.4 Å². The summed E-state index contributed by atoms with van der Waals surface area (Å²) < 4.78 is 0. The zero-order valence-electron chi connectivity index (χ0n) is 12.3. The fraction of sp³-hybridized carbons (Fsp3) is 0.929. The molecule has 5 nitrogen and oxygen atoms in total. The molecule has 1 amide bonds. The molecule has 0 aromatic heterocycles. The van der Waals surface area contributed by atoms with E-state index in [-0.39, 0.29) is 11.9 Å². The van der Waals surface area contributed by atoms with Gasteiger partial charge in [0.25, 0.3) is 0 Å². The van der Waals surface area contributed by atoms with E-state index < -0.39 is 0 Å². The van der Waals surface area contributed by atoms with Crippen molar-refractivity contribution in [3.05, 3.63) is 0 Å². The van der Waals surface area contributed by atoms with E-state index in [4.69, 9.17) is 0 Å². The minimum Gasteiger partial charge on any atom is -0.354 e. The van der Waals surface area contributed by atoms with Crippen LogP contribution in [0.1, 0.15) is 19.8 Å². The van der Waals surface area contributed by atoms with E-state index >= 15 is 0 Å². The Hall–Kier alpha value is -0.650. The number of carbonyl (C=O) groups excluding carboxylic acids is 1. The minimum atomic E-state index is 0.00317. The minimum absolute atomic E-state index is 0.00317. The van der Waals surface area contributed by atoms with Crippen LogP contribution in [0.15, 0.2) is 0 Å². The van der Waals surface area contributed by atoms with Crippen molar-refractivity contribution in [3.63, 3.8) is 0 Å². The number of piperazine rings is 1. The van der Waals surface area contributed by atoms with Crippen LogP contribution in [0.5, 0.6) is 0 Å². The summed E-state index contributed by atoms with van der Waals surface area (Å²) in [6, 6.07) is 0.00317. The summed E-state index contributed by atoms with van der Waals surface area (Å²) in [5.41, 5.74) is 0. The number of hydrogen-bond donors (Lipinski definition) is 2. The number of hydrogen-bond acceptors (Lipinski definition) is 4. The molecule has 2 unspecified atom stereocenters. The summed E-state index contributed by atoms with van der Waals surface area (Å²) in [6.45, 7) is 9.09. The van der Waals surface area contributed by atoms with Crippen LogP contribution >= 0.6 is 0 Å². The van der Waals surface area contributed by atoms with Crippen LogP contribution in [0.2, 0.25) is 0 Å².